The molecular formula is C23H22N2O4S. The highest BCUT2D eigenvalue weighted by Crippen LogP contribution is 2.33. The first-order chi connectivity index (χ1) is 14.5. The van der Waals surface area contributed by atoms with Crippen LogP contribution < -0.4 is 14.8 Å². The number of hydrogen-bond donors (Lipinski definition) is 1. The van der Waals surface area contributed by atoms with Crippen LogP contribution in [0.5, 0.6) is 11.5 Å². The van der Waals surface area contributed by atoms with Crippen LogP contribution in [0.4, 0.5) is 5.13 Å². The van der Waals surface area contributed by atoms with E-state index in [0.29, 0.717) is 17.5 Å². The predicted octanol–water partition coefficient (Wildman–Crippen LogP) is 5.80. The molecule has 0 unspecified atom stereocenters. The van der Waals surface area contributed by atoms with Gasteiger partial charge in [0.25, 0.3) is 0 Å². The molecule has 0 saturated carbocycles. The molecule has 1 N–H and O–H groups in total. The molecule has 2 aromatic carbocycles. The summed E-state index contributed by atoms with van der Waals surface area (Å²) in [5.41, 5.74) is 4.24. The van der Waals surface area contributed by atoms with Crippen LogP contribution in [0.15, 0.2) is 47.1 Å². The summed E-state index contributed by atoms with van der Waals surface area (Å²) >= 11 is 1.41. The fourth-order valence-corrected chi connectivity index (χ4v) is 4.19. The fourth-order valence-electron chi connectivity index (χ4n) is 3.29. The lowest BCUT2D eigenvalue weighted by Crippen LogP contribution is -2.08. The Morgan fingerprint density at radius 1 is 1.30 bits per heavy atom. The van der Waals surface area contributed by atoms with Gasteiger partial charge in [-0.3, -0.25) is 10.1 Å². The highest BCUT2D eigenvalue weighted by molar-refractivity contribution is 7.22. The molecule has 0 fully saturated rings. The van der Waals surface area contributed by atoms with Gasteiger partial charge in [-0.2, -0.15) is 0 Å². The molecule has 154 valence electrons. The van der Waals surface area contributed by atoms with Crippen LogP contribution in [0, 0.1) is 6.92 Å². The second kappa shape index (κ2) is 8.20. The third-order valence-electron chi connectivity index (χ3n) is 4.76. The number of aryl methyl sites for hydroxylation is 1. The van der Waals surface area contributed by atoms with Crippen molar-refractivity contribution in [3.63, 3.8) is 0 Å². The van der Waals surface area contributed by atoms with E-state index in [2.05, 4.69) is 10.3 Å². The van der Waals surface area contributed by atoms with Gasteiger partial charge in [-0.25, -0.2) is 4.98 Å². The molecule has 0 atom stereocenters. The second-order valence-electron chi connectivity index (χ2n) is 6.87. The number of ether oxygens (including phenoxy) is 2. The van der Waals surface area contributed by atoms with Crippen molar-refractivity contribution in [2.24, 2.45) is 0 Å². The number of furan rings is 1. The normalized spacial score (nSPS) is 11.8. The molecule has 2 heterocycles. The molecule has 0 spiro atoms. The monoisotopic (exact) mass is 422 g/mol. The number of carbonyl (C=O) groups is 1. The zero-order chi connectivity index (χ0) is 21.3. The highest BCUT2D eigenvalue weighted by atomic mass is 32.1. The van der Waals surface area contributed by atoms with Gasteiger partial charge in [-0.15, -0.1) is 0 Å². The number of thiazole rings is 1. The Morgan fingerprint density at radius 3 is 2.90 bits per heavy atom. The van der Waals surface area contributed by atoms with Crippen molar-refractivity contribution < 1.29 is 18.7 Å². The Labute approximate surface area is 178 Å². The summed E-state index contributed by atoms with van der Waals surface area (Å²) in [5, 5.41) is 4.39. The van der Waals surface area contributed by atoms with Crippen molar-refractivity contribution in [2.45, 2.75) is 20.8 Å². The Bertz CT molecular complexity index is 1270. The lowest BCUT2D eigenvalue weighted by molar-refractivity contribution is -0.111. The molecular weight excluding hydrogens is 400 g/mol. The van der Waals surface area contributed by atoms with E-state index in [1.54, 1.807) is 19.4 Å². The first kappa shape index (κ1) is 20.0. The van der Waals surface area contributed by atoms with E-state index < -0.39 is 0 Å². The van der Waals surface area contributed by atoms with Crippen molar-refractivity contribution in [2.75, 3.05) is 19.0 Å². The number of amides is 1. The largest absolute Gasteiger partial charge is 0.496 e. The van der Waals surface area contributed by atoms with E-state index in [1.165, 1.54) is 11.3 Å². The van der Waals surface area contributed by atoms with E-state index in [1.807, 2.05) is 51.1 Å². The third kappa shape index (κ3) is 3.89. The number of allylic oxidation sites excluding steroid dienone is 1. The SMILES string of the molecule is CCOc1ccc2nc(NC(=O)/C=C(\C)c3cc4c(C)coc4cc3OC)sc2c1. The molecule has 4 rings (SSSR count). The Hall–Kier alpha value is -3.32. The standard InChI is InChI=1S/C23H22N2O4S/c1-5-28-15-6-7-18-21(9-15)30-23(24-18)25-22(26)8-13(2)16-10-17-14(3)12-29-20(17)11-19(16)27-4/h6-12H,5H2,1-4H3,(H,24,25,26)/b13-8+. The van der Waals surface area contributed by atoms with E-state index in [9.17, 15) is 4.79 Å². The number of carbonyl (C=O) groups excluding carboxylic acids is 1. The zero-order valence-electron chi connectivity index (χ0n) is 17.2. The Balaban J connectivity index is 1.59. The number of methoxy groups -OCH3 is 1. The molecule has 0 radical (unpaired) electrons. The predicted molar refractivity (Wildman–Crippen MR) is 121 cm³/mol. The van der Waals surface area contributed by atoms with Crippen LogP contribution >= 0.6 is 11.3 Å². The van der Waals surface area contributed by atoms with Gasteiger partial charge in [0.1, 0.15) is 17.1 Å². The average molecular weight is 423 g/mol. The molecule has 4 aromatic rings. The molecule has 2 aromatic heterocycles. The van der Waals surface area contributed by atoms with Crippen LogP contribution in [0.3, 0.4) is 0 Å². The first-order valence-corrected chi connectivity index (χ1v) is 10.4. The van der Waals surface area contributed by atoms with E-state index in [4.69, 9.17) is 13.9 Å². The molecule has 30 heavy (non-hydrogen) atoms. The summed E-state index contributed by atoms with van der Waals surface area (Å²) in [4.78, 5) is 17.1. The molecule has 6 nitrogen and oxygen atoms in total. The average Bonchev–Trinajstić information content (AvgIpc) is 3.29. The van der Waals surface area contributed by atoms with Crippen molar-refractivity contribution in [1.29, 1.82) is 0 Å². The number of rotatable bonds is 6. The topological polar surface area (TPSA) is 73.6 Å². The summed E-state index contributed by atoms with van der Waals surface area (Å²) < 4.78 is 17.5. The summed E-state index contributed by atoms with van der Waals surface area (Å²) in [5.74, 6) is 1.20. The van der Waals surface area contributed by atoms with Gasteiger partial charge in [-0.1, -0.05) is 11.3 Å². The van der Waals surface area contributed by atoms with Crippen molar-refractivity contribution in [3.05, 3.63) is 53.8 Å². The highest BCUT2D eigenvalue weighted by Gasteiger charge is 2.13. The lowest BCUT2D eigenvalue weighted by Gasteiger charge is -2.09. The number of nitrogens with one attached hydrogen (secondary N) is 1. The van der Waals surface area contributed by atoms with Crippen molar-refractivity contribution in [1.82, 2.24) is 4.98 Å². The van der Waals surface area contributed by atoms with E-state index in [0.717, 1.165) is 43.6 Å². The maximum absolute atomic E-state index is 12.6. The number of nitrogens with zero attached hydrogens (tertiary/aromatic N) is 1. The lowest BCUT2D eigenvalue weighted by atomic mass is 10.0. The Morgan fingerprint density at radius 2 is 2.13 bits per heavy atom. The number of anilines is 1. The molecule has 0 saturated heterocycles. The number of benzene rings is 2. The fraction of sp³-hybridized carbons (Fsp3) is 0.217. The van der Waals surface area contributed by atoms with E-state index >= 15 is 0 Å². The first-order valence-electron chi connectivity index (χ1n) is 9.57. The molecule has 0 aliphatic rings. The molecule has 0 aliphatic heterocycles. The number of aromatic nitrogens is 1. The summed E-state index contributed by atoms with van der Waals surface area (Å²) in [6.45, 7) is 6.41. The summed E-state index contributed by atoms with van der Waals surface area (Å²) in [6, 6.07) is 9.53. The quantitative estimate of drug-likeness (QED) is 0.398. The Kier molecular flexibility index (Phi) is 5.46. The summed E-state index contributed by atoms with van der Waals surface area (Å²) in [6.07, 6.45) is 3.26. The smallest absolute Gasteiger partial charge is 0.250 e. The van der Waals surface area contributed by atoms with Gasteiger partial charge < -0.3 is 13.9 Å². The minimum Gasteiger partial charge on any atom is -0.496 e. The third-order valence-corrected chi connectivity index (χ3v) is 5.70. The molecule has 7 heteroatoms. The van der Waals surface area contributed by atoms with E-state index in [-0.39, 0.29) is 5.91 Å². The van der Waals surface area contributed by atoms with Crippen LogP contribution in [-0.2, 0) is 4.79 Å². The number of hydrogen-bond acceptors (Lipinski definition) is 6. The van der Waals surface area contributed by atoms with Gasteiger partial charge in [0.05, 0.1) is 30.2 Å². The summed E-state index contributed by atoms with van der Waals surface area (Å²) in [7, 11) is 1.60. The van der Waals surface area contributed by atoms with Crippen LogP contribution in [-0.4, -0.2) is 24.6 Å². The van der Waals surface area contributed by atoms with Gasteiger partial charge in [-0.05, 0) is 56.2 Å². The van der Waals surface area contributed by atoms with Crippen molar-refractivity contribution >= 4 is 49.1 Å². The zero-order valence-corrected chi connectivity index (χ0v) is 18.1. The van der Waals surface area contributed by atoms with Gasteiger partial charge >= 0.3 is 0 Å². The van der Waals surface area contributed by atoms with Gasteiger partial charge in [0.15, 0.2) is 5.13 Å². The van der Waals surface area contributed by atoms with Crippen molar-refractivity contribution in [3.8, 4) is 11.5 Å². The maximum atomic E-state index is 12.6. The van der Waals surface area contributed by atoms with Crippen LogP contribution in [0.1, 0.15) is 25.0 Å². The minimum absolute atomic E-state index is 0.248. The second-order valence-corrected chi connectivity index (χ2v) is 7.90. The van der Waals surface area contributed by atoms with Gasteiger partial charge in [0.2, 0.25) is 5.91 Å². The van der Waals surface area contributed by atoms with Crippen LogP contribution in [0.2, 0.25) is 0 Å². The molecule has 0 aliphatic carbocycles. The van der Waals surface area contributed by atoms with Gasteiger partial charge in [0, 0.05) is 23.1 Å². The van der Waals surface area contributed by atoms with Crippen LogP contribution in [0.25, 0.3) is 26.8 Å². The molecule has 0 bridgehead atoms. The number of fused-ring (bicyclic) bond motifs is 2. The maximum Gasteiger partial charge on any atom is 0.250 e. The molecule has 1 amide bonds. The minimum atomic E-state index is -0.248.